The smallest absolute Gasteiger partial charge is 0.0454 e. The summed E-state index contributed by atoms with van der Waals surface area (Å²) in [6.45, 7) is 0.634. The zero-order valence-electron chi connectivity index (χ0n) is 11.1. The predicted octanol–water partition coefficient (Wildman–Crippen LogP) is 2.87. The lowest BCUT2D eigenvalue weighted by molar-refractivity contribution is 0.0988. The lowest BCUT2D eigenvalue weighted by Crippen LogP contribution is -2.43. The zero-order valence-corrected chi connectivity index (χ0v) is 11.1. The van der Waals surface area contributed by atoms with Gasteiger partial charge >= 0.3 is 0 Å². The topological polar surface area (TPSA) is 29.3 Å². The number of benzene rings is 1. The number of hydrogen-bond donors (Lipinski definition) is 1. The lowest BCUT2D eigenvalue weighted by Gasteiger charge is -2.43. The van der Waals surface area contributed by atoms with Crippen molar-refractivity contribution in [3.63, 3.8) is 0 Å². The van der Waals surface area contributed by atoms with E-state index in [4.69, 9.17) is 5.73 Å². The van der Waals surface area contributed by atoms with Crippen LogP contribution < -0.4 is 5.73 Å². The van der Waals surface area contributed by atoms with Crippen LogP contribution in [0, 0.1) is 0 Å². The molecule has 0 amide bonds. The Balaban J connectivity index is 2.31. The van der Waals surface area contributed by atoms with Crippen LogP contribution in [0.3, 0.4) is 0 Å². The van der Waals surface area contributed by atoms with Crippen LogP contribution in [0.15, 0.2) is 24.3 Å². The fraction of sp³-hybridized carbons (Fsp3) is 0.600. The van der Waals surface area contributed by atoms with Crippen molar-refractivity contribution >= 4 is 0 Å². The van der Waals surface area contributed by atoms with E-state index in [-0.39, 0.29) is 5.54 Å². The van der Waals surface area contributed by atoms with Crippen LogP contribution in [-0.4, -0.2) is 19.0 Å². The second-order valence-corrected chi connectivity index (χ2v) is 5.39. The summed E-state index contributed by atoms with van der Waals surface area (Å²) in [5.74, 6) is 0. The van der Waals surface area contributed by atoms with Crippen LogP contribution in [0.1, 0.15) is 43.2 Å². The standard InChI is InChI=1S/C15H24N2/c1-17(2)15(10-4-3-5-11-15)14-8-6-13(12-16)7-9-14/h6-9H,3-5,10-12,16H2,1-2H3. The van der Waals surface area contributed by atoms with Crippen molar-refractivity contribution < 1.29 is 0 Å². The summed E-state index contributed by atoms with van der Waals surface area (Å²) in [6.07, 6.45) is 6.63. The zero-order chi connectivity index (χ0) is 12.3. The normalized spacial score (nSPS) is 19.5. The Bertz CT molecular complexity index is 348. The van der Waals surface area contributed by atoms with Crippen molar-refractivity contribution in [2.24, 2.45) is 5.73 Å². The summed E-state index contributed by atoms with van der Waals surface area (Å²) in [5, 5.41) is 0. The molecule has 0 radical (unpaired) electrons. The molecule has 94 valence electrons. The summed E-state index contributed by atoms with van der Waals surface area (Å²) in [7, 11) is 4.42. The first kappa shape index (κ1) is 12.6. The molecule has 1 aliphatic rings. The van der Waals surface area contributed by atoms with Gasteiger partial charge in [0.05, 0.1) is 0 Å². The number of rotatable bonds is 3. The van der Waals surface area contributed by atoms with Crippen LogP contribution in [-0.2, 0) is 12.1 Å². The van der Waals surface area contributed by atoms with Gasteiger partial charge in [0.15, 0.2) is 0 Å². The minimum Gasteiger partial charge on any atom is -0.326 e. The molecule has 1 aromatic carbocycles. The van der Waals surface area contributed by atoms with Crippen LogP contribution >= 0.6 is 0 Å². The third-order valence-electron chi connectivity index (χ3n) is 4.26. The van der Waals surface area contributed by atoms with Gasteiger partial charge in [0.25, 0.3) is 0 Å². The highest BCUT2D eigenvalue weighted by Gasteiger charge is 2.35. The first-order chi connectivity index (χ1) is 8.19. The van der Waals surface area contributed by atoms with Crippen molar-refractivity contribution in [3.8, 4) is 0 Å². The second kappa shape index (κ2) is 5.19. The maximum atomic E-state index is 5.66. The van der Waals surface area contributed by atoms with E-state index in [9.17, 15) is 0 Å². The largest absolute Gasteiger partial charge is 0.326 e. The van der Waals surface area contributed by atoms with Gasteiger partial charge in [0.1, 0.15) is 0 Å². The van der Waals surface area contributed by atoms with E-state index in [2.05, 4.69) is 43.3 Å². The molecular formula is C15H24N2. The molecule has 1 saturated carbocycles. The van der Waals surface area contributed by atoms with E-state index in [0.29, 0.717) is 6.54 Å². The molecule has 0 aliphatic heterocycles. The maximum Gasteiger partial charge on any atom is 0.0454 e. The van der Waals surface area contributed by atoms with E-state index in [1.54, 1.807) is 0 Å². The molecule has 1 aliphatic carbocycles. The van der Waals surface area contributed by atoms with Crippen molar-refractivity contribution in [3.05, 3.63) is 35.4 Å². The number of nitrogens with zero attached hydrogens (tertiary/aromatic N) is 1. The minimum atomic E-state index is 0.255. The molecule has 17 heavy (non-hydrogen) atoms. The highest BCUT2D eigenvalue weighted by atomic mass is 15.1. The summed E-state index contributed by atoms with van der Waals surface area (Å²) < 4.78 is 0. The molecule has 0 aromatic heterocycles. The van der Waals surface area contributed by atoms with Gasteiger partial charge in [-0.25, -0.2) is 0 Å². The SMILES string of the molecule is CN(C)C1(c2ccc(CN)cc2)CCCCC1. The van der Waals surface area contributed by atoms with Gasteiger partial charge in [0.2, 0.25) is 0 Å². The molecular weight excluding hydrogens is 208 g/mol. The van der Waals surface area contributed by atoms with Gasteiger partial charge in [-0.15, -0.1) is 0 Å². The van der Waals surface area contributed by atoms with Gasteiger partial charge < -0.3 is 5.73 Å². The van der Waals surface area contributed by atoms with Crippen LogP contribution in [0.25, 0.3) is 0 Å². The molecule has 2 N–H and O–H groups in total. The molecule has 0 saturated heterocycles. The molecule has 2 nitrogen and oxygen atoms in total. The summed E-state index contributed by atoms with van der Waals surface area (Å²) in [5.41, 5.74) is 8.59. The van der Waals surface area contributed by atoms with Crippen molar-refractivity contribution in [1.29, 1.82) is 0 Å². The van der Waals surface area contributed by atoms with Crippen LogP contribution in [0.2, 0.25) is 0 Å². The van der Waals surface area contributed by atoms with Crippen LogP contribution in [0.5, 0.6) is 0 Å². The Kier molecular flexibility index (Phi) is 3.85. The highest BCUT2D eigenvalue weighted by molar-refractivity contribution is 5.29. The van der Waals surface area contributed by atoms with E-state index < -0.39 is 0 Å². The fourth-order valence-corrected chi connectivity index (χ4v) is 3.08. The molecule has 0 atom stereocenters. The average molecular weight is 232 g/mol. The Hall–Kier alpha value is -0.860. The molecule has 2 heteroatoms. The highest BCUT2D eigenvalue weighted by Crippen LogP contribution is 2.40. The van der Waals surface area contributed by atoms with Gasteiger partial charge in [-0.1, -0.05) is 43.5 Å². The van der Waals surface area contributed by atoms with Gasteiger partial charge in [-0.3, -0.25) is 4.90 Å². The van der Waals surface area contributed by atoms with Crippen molar-refractivity contribution in [2.75, 3.05) is 14.1 Å². The first-order valence-corrected chi connectivity index (χ1v) is 6.66. The molecule has 0 bridgehead atoms. The monoisotopic (exact) mass is 232 g/mol. The molecule has 0 spiro atoms. The molecule has 2 rings (SSSR count). The van der Waals surface area contributed by atoms with Crippen molar-refractivity contribution in [1.82, 2.24) is 4.90 Å². The summed E-state index contributed by atoms with van der Waals surface area (Å²) in [6, 6.07) is 8.89. The van der Waals surface area contributed by atoms with E-state index in [0.717, 1.165) is 0 Å². The Morgan fingerprint density at radius 2 is 1.65 bits per heavy atom. The first-order valence-electron chi connectivity index (χ1n) is 6.66. The summed E-state index contributed by atoms with van der Waals surface area (Å²) in [4.78, 5) is 2.41. The Labute approximate surface area is 105 Å². The number of nitrogens with two attached hydrogens (primary N) is 1. The van der Waals surface area contributed by atoms with E-state index in [1.165, 1.54) is 43.2 Å². The van der Waals surface area contributed by atoms with Gasteiger partial charge in [-0.05, 0) is 38.1 Å². The van der Waals surface area contributed by atoms with Gasteiger partial charge in [-0.2, -0.15) is 0 Å². The predicted molar refractivity (Wildman–Crippen MR) is 72.8 cm³/mol. The van der Waals surface area contributed by atoms with Crippen molar-refractivity contribution in [2.45, 2.75) is 44.2 Å². The number of hydrogen-bond acceptors (Lipinski definition) is 2. The van der Waals surface area contributed by atoms with Gasteiger partial charge in [0, 0.05) is 12.1 Å². The Morgan fingerprint density at radius 3 is 2.12 bits per heavy atom. The van der Waals surface area contributed by atoms with E-state index >= 15 is 0 Å². The third kappa shape index (κ3) is 2.38. The maximum absolute atomic E-state index is 5.66. The Morgan fingerprint density at radius 1 is 1.06 bits per heavy atom. The molecule has 1 aromatic rings. The van der Waals surface area contributed by atoms with E-state index in [1.807, 2.05) is 0 Å². The molecule has 0 unspecified atom stereocenters. The average Bonchev–Trinajstić information content (AvgIpc) is 2.39. The second-order valence-electron chi connectivity index (χ2n) is 5.39. The summed E-state index contributed by atoms with van der Waals surface area (Å²) >= 11 is 0. The minimum absolute atomic E-state index is 0.255. The lowest BCUT2D eigenvalue weighted by atomic mass is 9.75. The fourth-order valence-electron chi connectivity index (χ4n) is 3.08. The quantitative estimate of drug-likeness (QED) is 0.868. The third-order valence-corrected chi connectivity index (χ3v) is 4.26. The molecule has 0 heterocycles. The molecule has 1 fully saturated rings. The van der Waals surface area contributed by atoms with Crippen LogP contribution in [0.4, 0.5) is 0 Å².